The molecule has 0 aromatic carbocycles. The van der Waals surface area contributed by atoms with Gasteiger partial charge < -0.3 is 14.7 Å². The molecule has 2 aliphatic heterocycles. The Morgan fingerprint density at radius 3 is 2.46 bits per heavy atom. The number of rotatable bonds is 5. The van der Waals surface area contributed by atoms with Crippen LogP contribution in [0, 0.1) is 0 Å². The number of nitrogens with one attached hydrogen (secondary N) is 1. The maximum atomic E-state index is 12.7. The molecule has 0 saturated carbocycles. The van der Waals surface area contributed by atoms with Crippen LogP contribution < -0.4 is 5.32 Å². The zero-order valence-corrected chi connectivity index (χ0v) is 15.9. The first kappa shape index (κ1) is 19.1. The maximum Gasteiger partial charge on any atom is 0.317 e. The van der Waals surface area contributed by atoms with Crippen LogP contribution in [0.15, 0.2) is 4.52 Å². The molecule has 1 aromatic rings. The van der Waals surface area contributed by atoms with Gasteiger partial charge in [0, 0.05) is 45.7 Å². The molecular weight excluding hydrogens is 360 g/mol. The molecule has 0 aliphatic carbocycles. The number of amides is 2. The predicted octanol–water partition coefficient (Wildman–Crippen LogP) is 0.190. The lowest BCUT2D eigenvalue weighted by Gasteiger charge is -2.26. The molecule has 3 heterocycles. The molecule has 0 bridgehead atoms. The van der Waals surface area contributed by atoms with Gasteiger partial charge in [0.2, 0.25) is 5.89 Å². The Kier molecular flexibility index (Phi) is 6.09. The highest BCUT2D eigenvalue weighted by atomic mass is 32.2. The molecule has 10 nitrogen and oxygen atoms in total. The molecule has 26 heavy (non-hydrogen) atoms. The van der Waals surface area contributed by atoms with E-state index in [-0.39, 0.29) is 12.6 Å². The summed E-state index contributed by atoms with van der Waals surface area (Å²) in [5.74, 6) is 0.968. The lowest BCUT2D eigenvalue weighted by atomic mass is 10.4. The highest BCUT2D eigenvalue weighted by molar-refractivity contribution is 7.86. The molecule has 2 aliphatic rings. The van der Waals surface area contributed by atoms with Crippen LogP contribution in [0.1, 0.15) is 37.9 Å². The van der Waals surface area contributed by atoms with Crippen LogP contribution in [0.5, 0.6) is 0 Å². The van der Waals surface area contributed by atoms with E-state index >= 15 is 0 Å². The van der Waals surface area contributed by atoms with Crippen molar-refractivity contribution in [1.82, 2.24) is 29.0 Å². The topological polar surface area (TPSA) is 112 Å². The first-order chi connectivity index (χ1) is 12.5. The fourth-order valence-corrected chi connectivity index (χ4v) is 4.90. The van der Waals surface area contributed by atoms with Gasteiger partial charge in [-0.2, -0.15) is 22.0 Å². The van der Waals surface area contributed by atoms with Crippen LogP contribution in [0.25, 0.3) is 0 Å². The second-order valence-electron chi connectivity index (χ2n) is 6.47. The summed E-state index contributed by atoms with van der Waals surface area (Å²) < 4.78 is 33.4. The number of carbonyl (C=O) groups excluding carboxylic acids is 1. The van der Waals surface area contributed by atoms with Crippen molar-refractivity contribution in [1.29, 1.82) is 0 Å². The number of carbonyl (C=O) groups is 1. The molecule has 0 atom stereocenters. The molecule has 0 radical (unpaired) electrons. The van der Waals surface area contributed by atoms with Gasteiger partial charge in [0.05, 0.1) is 6.54 Å². The van der Waals surface area contributed by atoms with Gasteiger partial charge in [0.25, 0.3) is 10.2 Å². The first-order valence-electron chi connectivity index (χ1n) is 9.10. The van der Waals surface area contributed by atoms with E-state index in [1.165, 1.54) is 4.31 Å². The van der Waals surface area contributed by atoms with Crippen molar-refractivity contribution in [2.24, 2.45) is 0 Å². The van der Waals surface area contributed by atoms with Gasteiger partial charge in [-0.05, 0) is 19.3 Å². The predicted molar refractivity (Wildman–Crippen MR) is 93.4 cm³/mol. The summed E-state index contributed by atoms with van der Waals surface area (Å²) in [6.07, 6.45) is 3.11. The van der Waals surface area contributed by atoms with E-state index < -0.39 is 10.2 Å². The Hall–Kier alpha value is -1.72. The Bertz CT molecular complexity index is 715. The van der Waals surface area contributed by atoms with E-state index in [4.69, 9.17) is 4.52 Å². The largest absolute Gasteiger partial charge is 0.337 e. The third-order valence-electron chi connectivity index (χ3n) is 4.68. The van der Waals surface area contributed by atoms with Crippen molar-refractivity contribution in [3.8, 4) is 0 Å². The van der Waals surface area contributed by atoms with Crippen molar-refractivity contribution in [2.75, 3.05) is 39.3 Å². The maximum absolute atomic E-state index is 12.7. The molecule has 0 unspecified atom stereocenters. The summed E-state index contributed by atoms with van der Waals surface area (Å²) in [5.41, 5.74) is 0. The quantitative estimate of drug-likeness (QED) is 0.773. The standard InChI is InChI=1S/C15H26N6O4S/c1-2-13-17-14(25-18-13)12-16-15(22)19-6-5-9-21(11-10-19)26(23,24)20-7-3-4-8-20/h2-12H2,1H3,(H,16,22). The Labute approximate surface area is 153 Å². The molecular formula is C15H26N6O4S. The third kappa shape index (κ3) is 4.33. The molecule has 1 N–H and O–H groups in total. The molecule has 2 amide bonds. The zero-order valence-electron chi connectivity index (χ0n) is 15.1. The van der Waals surface area contributed by atoms with E-state index in [9.17, 15) is 13.2 Å². The highest BCUT2D eigenvalue weighted by Gasteiger charge is 2.33. The minimum Gasteiger partial charge on any atom is -0.337 e. The molecule has 2 saturated heterocycles. The number of urea groups is 1. The second kappa shape index (κ2) is 8.31. The van der Waals surface area contributed by atoms with Crippen LogP contribution in [0.4, 0.5) is 4.79 Å². The SMILES string of the molecule is CCc1noc(CNC(=O)N2CCCN(S(=O)(=O)N3CCCC3)CC2)n1. The Balaban J connectivity index is 1.51. The van der Waals surface area contributed by atoms with Crippen LogP contribution >= 0.6 is 0 Å². The lowest BCUT2D eigenvalue weighted by Crippen LogP contribution is -2.45. The molecule has 0 spiro atoms. The van der Waals surface area contributed by atoms with E-state index in [0.29, 0.717) is 63.8 Å². The molecule has 2 fully saturated rings. The van der Waals surface area contributed by atoms with E-state index in [0.717, 1.165) is 12.8 Å². The van der Waals surface area contributed by atoms with Crippen LogP contribution in [0.3, 0.4) is 0 Å². The molecule has 1 aromatic heterocycles. The number of nitrogens with zero attached hydrogens (tertiary/aromatic N) is 5. The summed E-state index contributed by atoms with van der Waals surface area (Å²) in [7, 11) is -3.41. The number of aromatic nitrogens is 2. The van der Waals surface area contributed by atoms with Crippen LogP contribution in [-0.4, -0.2) is 77.4 Å². The Morgan fingerprint density at radius 1 is 1.08 bits per heavy atom. The number of aryl methyl sites for hydroxylation is 1. The van der Waals surface area contributed by atoms with Gasteiger partial charge in [0.1, 0.15) is 0 Å². The average molecular weight is 386 g/mol. The van der Waals surface area contributed by atoms with Crippen molar-refractivity contribution >= 4 is 16.2 Å². The van der Waals surface area contributed by atoms with Crippen molar-refractivity contribution < 1.29 is 17.7 Å². The number of hydrogen-bond acceptors (Lipinski definition) is 6. The minimum atomic E-state index is -3.41. The van der Waals surface area contributed by atoms with Crippen molar-refractivity contribution in [3.05, 3.63) is 11.7 Å². The molecule has 11 heteroatoms. The van der Waals surface area contributed by atoms with E-state index in [1.54, 1.807) is 9.21 Å². The fraction of sp³-hybridized carbons (Fsp3) is 0.800. The Morgan fingerprint density at radius 2 is 1.77 bits per heavy atom. The summed E-state index contributed by atoms with van der Waals surface area (Å²) in [4.78, 5) is 18.1. The summed E-state index contributed by atoms with van der Waals surface area (Å²) in [6.45, 7) is 4.90. The monoisotopic (exact) mass is 386 g/mol. The minimum absolute atomic E-state index is 0.165. The summed E-state index contributed by atoms with van der Waals surface area (Å²) in [5, 5.41) is 6.54. The van der Waals surface area contributed by atoms with Crippen molar-refractivity contribution in [2.45, 2.75) is 39.2 Å². The van der Waals surface area contributed by atoms with E-state index in [2.05, 4.69) is 15.5 Å². The lowest BCUT2D eigenvalue weighted by molar-refractivity contribution is 0.198. The van der Waals surface area contributed by atoms with Crippen molar-refractivity contribution in [3.63, 3.8) is 0 Å². The fourth-order valence-electron chi connectivity index (χ4n) is 3.18. The van der Waals surface area contributed by atoms with Gasteiger partial charge in [0.15, 0.2) is 5.82 Å². The van der Waals surface area contributed by atoms with Gasteiger partial charge >= 0.3 is 6.03 Å². The van der Waals surface area contributed by atoms with E-state index in [1.807, 2.05) is 6.92 Å². The average Bonchev–Trinajstić information content (AvgIpc) is 3.27. The zero-order chi connectivity index (χ0) is 18.6. The van der Waals surface area contributed by atoms with Crippen LogP contribution in [-0.2, 0) is 23.2 Å². The second-order valence-corrected chi connectivity index (χ2v) is 8.40. The normalized spacial score (nSPS) is 20.3. The highest BCUT2D eigenvalue weighted by Crippen LogP contribution is 2.18. The van der Waals surface area contributed by atoms with Gasteiger partial charge in [-0.25, -0.2) is 4.79 Å². The summed E-state index contributed by atoms with van der Waals surface area (Å²) >= 11 is 0. The van der Waals surface area contributed by atoms with Crippen LogP contribution in [0.2, 0.25) is 0 Å². The number of hydrogen-bond donors (Lipinski definition) is 1. The van der Waals surface area contributed by atoms with Gasteiger partial charge in [-0.3, -0.25) is 0 Å². The third-order valence-corrected chi connectivity index (χ3v) is 6.71. The summed E-state index contributed by atoms with van der Waals surface area (Å²) in [6, 6.07) is -0.248. The first-order valence-corrected chi connectivity index (χ1v) is 10.5. The molecule has 146 valence electrons. The van der Waals surface area contributed by atoms with Gasteiger partial charge in [-0.15, -0.1) is 0 Å². The molecule has 3 rings (SSSR count). The smallest absolute Gasteiger partial charge is 0.317 e. The van der Waals surface area contributed by atoms with Gasteiger partial charge in [-0.1, -0.05) is 12.1 Å².